The fourth-order valence-electron chi connectivity index (χ4n) is 7.23. The summed E-state index contributed by atoms with van der Waals surface area (Å²) in [5, 5.41) is 6.35. The molecule has 0 bridgehead atoms. The van der Waals surface area contributed by atoms with Crippen molar-refractivity contribution in [2.45, 2.75) is 38.9 Å². The minimum Gasteiger partial charge on any atom is -0.490 e. The maximum atomic E-state index is 16.3. The van der Waals surface area contributed by atoms with E-state index >= 15 is 8.78 Å². The number of rotatable bonds is 10. The molecule has 270 valence electrons. The molecule has 0 spiro atoms. The minimum absolute atomic E-state index is 0.0225. The van der Waals surface area contributed by atoms with Crippen LogP contribution in [0.15, 0.2) is 54.4 Å². The molecule has 5 heterocycles. The average molecular weight is 731 g/mol. The molecule has 2 aliphatic heterocycles. The third-order valence-corrected chi connectivity index (χ3v) is 10.6. The Morgan fingerprint density at radius 3 is 2.62 bits per heavy atom. The zero-order valence-electron chi connectivity index (χ0n) is 28.9. The normalized spacial score (nSPS) is 17.2. The molecule has 0 saturated heterocycles. The summed E-state index contributed by atoms with van der Waals surface area (Å²) in [6.07, 6.45) is 1.99. The first-order chi connectivity index (χ1) is 25.0. The number of ether oxygens (including phenoxy) is 2. The molecule has 0 saturated carbocycles. The van der Waals surface area contributed by atoms with Crippen LogP contribution in [-0.4, -0.2) is 76.3 Å². The smallest absolute Gasteiger partial charge is 0.246 e. The van der Waals surface area contributed by atoms with E-state index in [4.69, 9.17) is 25.3 Å². The number of nitrogens with two attached hydrogens (primary N) is 1. The van der Waals surface area contributed by atoms with E-state index in [1.807, 2.05) is 36.9 Å². The Labute approximate surface area is 302 Å². The molecular formula is C38H37F3N6O4S. The number of benzene rings is 2. The molecular weight excluding hydrogens is 694 g/mol. The van der Waals surface area contributed by atoms with E-state index < -0.39 is 29.4 Å². The summed E-state index contributed by atoms with van der Waals surface area (Å²) in [5.41, 5.74) is 9.76. The molecule has 3 aromatic heterocycles. The van der Waals surface area contributed by atoms with Crippen LogP contribution >= 0.6 is 11.3 Å². The first-order valence-electron chi connectivity index (χ1n) is 16.9. The highest BCUT2D eigenvalue weighted by molar-refractivity contribution is 7.17. The first-order valence-corrected chi connectivity index (χ1v) is 17.7. The van der Waals surface area contributed by atoms with Gasteiger partial charge < -0.3 is 20.1 Å². The van der Waals surface area contributed by atoms with Crippen LogP contribution in [0, 0.1) is 17.5 Å². The number of aromatic nitrogens is 3. The van der Waals surface area contributed by atoms with Crippen molar-refractivity contribution >= 4 is 33.2 Å². The summed E-state index contributed by atoms with van der Waals surface area (Å²) in [7, 11) is 1.48. The molecule has 52 heavy (non-hydrogen) atoms. The van der Waals surface area contributed by atoms with Crippen LogP contribution in [0.2, 0.25) is 0 Å². The zero-order valence-corrected chi connectivity index (χ0v) is 29.7. The molecule has 5 aromatic rings. The van der Waals surface area contributed by atoms with Gasteiger partial charge in [-0.05, 0) is 49.6 Å². The summed E-state index contributed by atoms with van der Waals surface area (Å²) in [5.74, 6) is -3.25. The molecule has 2 N–H and O–H groups in total. The van der Waals surface area contributed by atoms with E-state index in [1.54, 1.807) is 15.6 Å². The highest BCUT2D eigenvalue weighted by Gasteiger charge is 2.34. The molecule has 0 radical (unpaired) electrons. The van der Waals surface area contributed by atoms with Crippen molar-refractivity contribution in [3.63, 3.8) is 0 Å². The summed E-state index contributed by atoms with van der Waals surface area (Å²) < 4.78 is 60.5. The lowest BCUT2D eigenvalue weighted by atomic mass is 9.93. The number of primary amides is 1. The summed E-state index contributed by atoms with van der Waals surface area (Å²) >= 11 is 1.12. The average Bonchev–Trinajstić information content (AvgIpc) is 3.74. The number of carbonyl (C=O) groups is 2. The fourth-order valence-corrected chi connectivity index (χ4v) is 8.16. The molecule has 7 rings (SSSR count). The minimum atomic E-state index is -0.966. The Morgan fingerprint density at radius 2 is 1.87 bits per heavy atom. The van der Waals surface area contributed by atoms with E-state index in [9.17, 15) is 14.0 Å². The molecule has 10 nitrogen and oxygen atoms in total. The molecule has 0 fully saturated rings. The van der Waals surface area contributed by atoms with Crippen molar-refractivity contribution < 1.29 is 32.2 Å². The van der Waals surface area contributed by atoms with Gasteiger partial charge in [-0.25, -0.2) is 18.2 Å². The predicted octanol–water partition coefficient (Wildman–Crippen LogP) is 6.43. The lowest BCUT2D eigenvalue weighted by Crippen LogP contribution is -2.42. The first kappa shape index (κ1) is 35.4. The third-order valence-electron chi connectivity index (χ3n) is 9.67. The van der Waals surface area contributed by atoms with Gasteiger partial charge in [0.2, 0.25) is 11.8 Å². The molecule has 0 aliphatic carbocycles. The molecule has 2 amide bonds. The number of nitrogens with zero attached hydrogens (tertiary/aromatic N) is 5. The van der Waals surface area contributed by atoms with E-state index in [2.05, 4.69) is 6.58 Å². The Hall–Kier alpha value is -5.05. The largest absolute Gasteiger partial charge is 0.490 e. The topological polar surface area (TPSA) is 116 Å². The number of thiophene rings is 1. The van der Waals surface area contributed by atoms with Crippen LogP contribution in [0.1, 0.15) is 42.8 Å². The summed E-state index contributed by atoms with van der Waals surface area (Å²) in [6, 6.07) is 8.83. The maximum absolute atomic E-state index is 16.3. The maximum Gasteiger partial charge on any atom is 0.246 e. The zero-order chi connectivity index (χ0) is 36.8. The Bertz CT molecular complexity index is 2240. The number of amides is 2. The van der Waals surface area contributed by atoms with Crippen LogP contribution in [0.5, 0.6) is 5.75 Å². The Morgan fingerprint density at radius 1 is 1.06 bits per heavy atom. The molecule has 2 aliphatic rings. The van der Waals surface area contributed by atoms with Gasteiger partial charge in [-0.3, -0.25) is 19.2 Å². The second kappa shape index (κ2) is 14.2. The van der Waals surface area contributed by atoms with Gasteiger partial charge in [0.15, 0.2) is 0 Å². The van der Waals surface area contributed by atoms with Crippen molar-refractivity contribution in [1.29, 1.82) is 0 Å². The SMILES string of the molecule is C=CC(=O)N1C[C@H](C)n2nc(-c3nc(-c4ccc5c(c4)CN(CC(N)=O)CC5)c4scc(F)c4c3-c3c(F)cc(F)cc3OCCOC)cc2[C@H]1C. The van der Waals surface area contributed by atoms with Gasteiger partial charge in [0, 0.05) is 60.8 Å². The van der Waals surface area contributed by atoms with Gasteiger partial charge >= 0.3 is 0 Å². The molecule has 2 aromatic carbocycles. The lowest BCUT2D eigenvalue weighted by molar-refractivity contribution is -0.129. The van der Waals surface area contributed by atoms with Gasteiger partial charge in [-0.1, -0.05) is 18.7 Å². The van der Waals surface area contributed by atoms with Crippen LogP contribution < -0.4 is 10.5 Å². The van der Waals surface area contributed by atoms with E-state index in [0.29, 0.717) is 47.0 Å². The van der Waals surface area contributed by atoms with Crippen molar-refractivity contribution in [3.05, 3.63) is 88.7 Å². The monoisotopic (exact) mass is 730 g/mol. The van der Waals surface area contributed by atoms with Gasteiger partial charge in [-0.2, -0.15) is 5.10 Å². The second-order valence-electron chi connectivity index (χ2n) is 13.1. The lowest BCUT2D eigenvalue weighted by Gasteiger charge is -2.36. The van der Waals surface area contributed by atoms with Crippen molar-refractivity contribution in [1.82, 2.24) is 24.6 Å². The number of hydrogen-bond acceptors (Lipinski definition) is 8. The summed E-state index contributed by atoms with van der Waals surface area (Å²) in [4.78, 5) is 33.3. The Balaban J connectivity index is 1.49. The van der Waals surface area contributed by atoms with Gasteiger partial charge in [-0.15, -0.1) is 11.3 Å². The van der Waals surface area contributed by atoms with Crippen LogP contribution in [0.3, 0.4) is 0 Å². The molecule has 14 heteroatoms. The third kappa shape index (κ3) is 6.35. The van der Waals surface area contributed by atoms with Crippen molar-refractivity contribution in [2.24, 2.45) is 5.73 Å². The molecule has 2 atom stereocenters. The van der Waals surface area contributed by atoms with Gasteiger partial charge in [0.05, 0.1) is 46.9 Å². The second-order valence-corrected chi connectivity index (χ2v) is 14.0. The highest BCUT2D eigenvalue weighted by atomic mass is 32.1. The quantitative estimate of drug-likeness (QED) is 0.130. The Kier molecular flexibility index (Phi) is 9.63. The highest BCUT2D eigenvalue weighted by Crippen LogP contribution is 2.48. The van der Waals surface area contributed by atoms with E-state index in [-0.39, 0.29) is 59.7 Å². The van der Waals surface area contributed by atoms with Crippen LogP contribution in [0.25, 0.3) is 43.9 Å². The number of hydrogen-bond donors (Lipinski definition) is 1. The number of fused-ring (bicyclic) bond motifs is 3. The standard InChI is InChI=1S/C38H37F3N6O4S/c1-5-32(49)46-16-20(2)47-29(21(46)3)15-28(44-47)37-35(33-26(40)13-25(39)14-30(33)51-11-10-50-4)34-27(41)19-52-38(34)36(43-37)23-7-6-22-8-9-45(18-31(42)48)17-24(22)12-23/h5-7,12-15,19-21H,1,8-11,16-18H2,2-4H3,(H2,42,48)/t20-,21+/m0/s1. The fraction of sp³-hybridized carbons (Fsp3) is 0.316. The van der Waals surface area contributed by atoms with Crippen LogP contribution in [-0.2, 0) is 27.3 Å². The number of carbonyl (C=O) groups excluding carboxylic acids is 2. The predicted molar refractivity (Wildman–Crippen MR) is 192 cm³/mol. The summed E-state index contributed by atoms with van der Waals surface area (Å²) in [6.45, 7) is 9.24. The number of halogens is 3. The number of methoxy groups -OCH3 is 1. The van der Waals surface area contributed by atoms with Crippen molar-refractivity contribution in [2.75, 3.05) is 40.0 Å². The van der Waals surface area contributed by atoms with Gasteiger partial charge in [0.1, 0.15) is 41.2 Å². The van der Waals surface area contributed by atoms with E-state index in [1.165, 1.54) is 18.6 Å². The van der Waals surface area contributed by atoms with E-state index in [0.717, 1.165) is 41.0 Å². The van der Waals surface area contributed by atoms with Crippen molar-refractivity contribution in [3.8, 4) is 39.5 Å². The van der Waals surface area contributed by atoms with Gasteiger partial charge in [0.25, 0.3) is 0 Å². The molecule has 0 unspecified atom stereocenters. The number of pyridine rings is 1. The van der Waals surface area contributed by atoms with Crippen LogP contribution in [0.4, 0.5) is 13.2 Å².